The molecule has 0 saturated carbocycles. The molecule has 0 unspecified atom stereocenters. The highest BCUT2D eigenvalue weighted by molar-refractivity contribution is 6.05. The van der Waals surface area contributed by atoms with E-state index in [-0.39, 0.29) is 22.6 Å². The van der Waals surface area contributed by atoms with E-state index in [1.807, 2.05) is 0 Å². The number of primary amides is 1. The lowest BCUT2D eigenvalue weighted by Crippen LogP contribution is -2.21. The van der Waals surface area contributed by atoms with Crippen LogP contribution in [0.5, 0.6) is 5.75 Å². The van der Waals surface area contributed by atoms with Gasteiger partial charge in [-0.25, -0.2) is 0 Å². The normalized spacial score (nSPS) is 11.1. The van der Waals surface area contributed by atoms with Crippen LogP contribution in [0.2, 0.25) is 0 Å². The van der Waals surface area contributed by atoms with E-state index in [1.165, 1.54) is 30.6 Å². The smallest absolute Gasteiger partial charge is 0.405 e. The van der Waals surface area contributed by atoms with Crippen molar-refractivity contribution >= 4 is 17.5 Å². The Kier molecular flexibility index (Phi) is 5.48. The van der Waals surface area contributed by atoms with Crippen LogP contribution in [0.3, 0.4) is 0 Å². The summed E-state index contributed by atoms with van der Waals surface area (Å²) in [6.45, 7) is 0. The molecule has 2 amide bonds. The van der Waals surface area contributed by atoms with E-state index in [9.17, 15) is 22.8 Å². The van der Waals surface area contributed by atoms with E-state index in [0.29, 0.717) is 5.56 Å². The predicted octanol–water partition coefficient (Wildman–Crippen LogP) is 2.65. The number of nitrogens with one attached hydrogen (secondary N) is 2. The molecule has 0 radical (unpaired) electrons. The van der Waals surface area contributed by atoms with E-state index < -0.39 is 30.3 Å². The number of ether oxygens (including phenoxy) is 1. The summed E-state index contributed by atoms with van der Waals surface area (Å²) in [7, 11) is 0. The second kappa shape index (κ2) is 8.00. The van der Waals surface area contributed by atoms with Crippen LogP contribution in [0.25, 0.3) is 11.3 Å². The zero-order valence-electron chi connectivity index (χ0n) is 14.7. The minimum atomic E-state index is -4.90. The van der Waals surface area contributed by atoms with E-state index in [0.717, 1.165) is 6.07 Å². The lowest BCUT2D eigenvalue weighted by Gasteiger charge is -2.13. The molecule has 11 heteroatoms. The fourth-order valence-electron chi connectivity index (χ4n) is 2.59. The van der Waals surface area contributed by atoms with Gasteiger partial charge in [-0.05, 0) is 18.2 Å². The number of nitrogens with two attached hydrogens (primary N) is 1. The molecule has 3 aromatic rings. The maximum Gasteiger partial charge on any atom is 0.573 e. The van der Waals surface area contributed by atoms with Crippen molar-refractivity contribution in [1.82, 2.24) is 15.2 Å². The Bertz CT molecular complexity index is 1030. The monoisotopic (exact) mass is 405 g/mol. The molecule has 0 fully saturated rings. The maximum atomic E-state index is 12.6. The first-order valence-electron chi connectivity index (χ1n) is 8.16. The molecule has 29 heavy (non-hydrogen) atoms. The third-order valence-electron chi connectivity index (χ3n) is 3.76. The van der Waals surface area contributed by atoms with Crippen LogP contribution in [0.4, 0.5) is 18.9 Å². The van der Waals surface area contributed by atoms with Crippen LogP contribution in [-0.4, -0.2) is 33.4 Å². The highest BCUT2D eigenvalue weighted by Crippen LogP contribution is 2.30. The predicted molar refractivity (Wildman–Crippen MR) is 95.8 cm³/mol. The molecule has 8 nitrogen and oxygen atoms in total. The van der Waals surface area contributed by atoms with Crippen molar-refractivity contribution in [2.75, 3.05) is 5.32 Å². The molecule has 0 saturated heterocycles. The SMILES string of the molecule is NC(=O)c1n[nH]c(-c2cccnc2)c1NC(=O)Cc1ccccc1OC(F)(F)F. The fraction of sp³-hybridized carbons (Fsp3) is 0.111. The van der Waals surface area contributed by atoms with Gasteiger partial charge in [0.1, 0.15) is 11.4 Å². The van der Waals surface area contributed by atoms with Gasteiger partial charge in [0, 0.05) is 23.5 Å². The number of rotatable bonds is 6. The quantitative estimate of drug-likeness (QED) is 0.582. The van der Waals surface area contributed by atoms with Crippen LogP contribution < -0.4 is 15.8 Å². The number of anilines is 1. The van der Waals surface area contributed by atoms with Gasteiger partial charge in [-0.15, -0.1) is 13.2 Å². The van der Waals surface area contributed by atoms with Crippen molar-refractivity contribution in [3.05, 3.63) is 60.0 Å². The summed E-state index contributed by atoms with van der Waals surface area (Å²) in [5.74, 6) is -2.09. The number of carbonyl (C=O) groups excluding carboxylic acids is 2. The summed E-state index contributed by atoms with van der Waals surface area (Å²) in [5.41, 5.74) is 5.88. The minimum Gasteiger partial charge on any atom is -0.405 e. The van der Waals surface area contributed by atoms with E-state index in [2.05, 4.69) is 25.2 Å². The summed E-state index contributed by atoms with van der Waals surface area (Å²) in [5, 5.41) is 8.89. The number of aromatic nitrogens is 3. The number of nitrogens with zero attached hydrogens (tertiary/aromatic N) is 2. The van der Waals surface area contributed by atoms with Crippen LogP contribution in [-0.2, 0) is 11.2 Å². The van der Waals surface area contributed by atoms with Gasteiger partial charge in [-0.3, -0.25) is 19.7 Å². The molecule has 1 aromatic carbocycles. The first-order valence-corrected chi connectivity index (χ1v) is 8.16. The number of H-pyrrole nitrogens is 1. The first-order chi connectivity index (χ1) is 13.7. The van der Waals surface area contributed by atoms with Crippen molar-refractivity contribution < 1.29 is 27.5 Å². The van der Waals surface area contributed by atoms with Crippen LogP contribution in [0, 0.1) is 0 Å². The van der Waals surface area contributed by atoms with Crippen molar-refractivity contribution in [2.45, 2.75) is 12.8 Å². The molecule has 0 atom stereocenters. The van der Waals surface area contributed by atoms with Crippen molar-refractivity contribution in [3.8, 4) is 17.0 Å². The van der Waals surface area contributed by atoms with Crippen LogP contribution >= 0.6 is 0 Å². The lowest BCUT2D eigenvalue weighted by atomic mass is 10.1. The number of benzene rings is 1. The van der Waals surface area contributed by atoms with E-state index >= 15 is 0 Å². The van der Waals surface area contributed by atoms with Gasteiger partial charge < -0.3 is 15.8 Å². The third kappa shape index (κ3) is 4.89. The molecule has 4 N–H and O–H groups in total. The molecule has 0 aliphatic carbocycles. The number of pyridine rings is 1. The number of aromatic amines is 1. The molecular formula is C18H14F3N5O3. The summed E-state index contributed by atoms with van der Waals surface area (Å²) >= 11 is 0. The molecule has 0 aliphatic rings. The Balaban J connectivity index is 1.87. The van der Waals surface area contributed by atoms with Crippen molar-refractivity contribution in [1.29, 1.82) is 0 Å². The second-order valence-electron chi connectivity index (χ2n) is 5.81. The largest absolute Gasteiger partial charge is 0.573 e. The maximum absolute atomic E-state index is 12.6. The zero-order chi connectivity index (χ0) is 21.0. The van der Waals surface area contributed by atoms with Gasteiger partial charge in [0.05, 0.1) is 12.1 Å². The number of carbonyl (C=O) groups is 2. The van der Waals surface area contributed by atoms with Gasteiger partial charge in [0.25, 0.3) is 5.91 Å². The van der Waals surface area contributed by atoms with E-state index in [4.69, 9.17) is 5.73 Å². The molecule has 0 spiro atoms. The number of amides is 2. The Morgan fingerprint density at radius 2 is 1.93 bits per heavy atom. The second-order valence-corrected chi connectivity index (χ2v) is 5.81. The minimum absolute atomic E-state index is 0.00437. The summed E-state index contributed by atoms with van der Waals surface area (Å²) in [6.07, 6.45) is -2.34. The topological polar surface area (TPSA) is 123 Å². The number of halogens is 3. The third-order valence-corrected chi connectivity index (χ3v) is 3.76. The Hall–Kier alpha value is -3.89. The van der Waals surface area contributed by atoms with E-state index in [1.54, 1.807) is 12.1 Å². The Morgan fingerprint density at radius 3 is 2.59 bits per heavy atom. The molecule has 3 rings (SSSR count). The summed E-state index contributed by atoms with van der Waals surface area (Å²) in [4.78, 5) is 28.1. The van der Waals surface area contributed by atoms with Crippen LogP contribution in [0.1, 0.15) is 16.1 Å². The highest BCUT2D eigenvalue weighted by atomic mass is 19.4. The van der Waals surface area contributed by atoms with Crippen molar-refractivity contribution in [2.24, 2.45) is 5.73 Å². The first kappa shape index (κ1) is 19.9. The molecule has 150 valence electrons. The number of alkyl halides is 3. The molecule has 0 bridgehead atoms. The van der Waals surface area contributed by atoms with Gasteiger partial charge in [0.2, 0.25) is 5.91 Å². The number of hydrogen-bond donors (Lipinski definition) is 3. The highest BCUT2D eigenvalue weighted by Gasteiger charge is 2.32. The standard InChI is InChI=1S/C18H14F3N5O3/c19-18(20,21)29-12-6-2-1-4-10(12)8-13(27)24-15-14(11-5-3-7-23-9-11)25-26-16(15)17(22)28/h1-7,9H,8H2,(H2,22,28)(H,24,27)(H,25,26). The Morgan fingerprint density at radius 1 is 1.17 bits per heavy atom. The van der Waals surface area contributed by atoms with Gasteiger partial charge in [0.15, 0.2) is 5.69 Å². The average Bonchev–Trinajstić information content (AvgIpc) is 3.06. The van der Waals surface area contributed by atoms with Gasteiger partial charge >= 0.3 is 6.36 Å². The molecule has 0 aliphatic heterocycles. The fourth-order valence-corrected chi connectivity index (χ4v) is 2.59. The average molecular weight is 405 g/mol. The number of hydrogen-bond acceptors (Lipinski definition) is 5. The van der Waals surface area contributed by atoms with Gasteiger partial charge in [-0.2, -0.15) is 5.10 Å². The zero-order valence-corrected chi connectivity index (χ0v) is 14.7. The molecule has 2 aromatic heterocycles. The van der Waals surface area contributed by atoms with Crippen LogP contribution in [0.15, 0.2) is 48.8 Å². The molecular weight excluding hydrogens is 391 g/mol. The van der Waals surface area contributed by atoms with Crippen molar-refractivity contribution in [3.63, 3.8) is 0 Å². The lowest BCUT2D eigenvalue weighted by molar-refractivity contribution is -0.274. The van der Waals surface area contributed by atoms with Gasteiger partial charge in [-0.1, -0.05) is 18.2 Å². The summed E-state index contributed by atoms with van der Waals surface area (Å²) < 4.78 is 41.6. The summed E-state index contributed by atoms with van der Waals surface area (Å²) in [6, 6.07) is 8.55. The number of para-hydroxylation sites is 1. The Labute approximate surface area is 161 Å². The molecule has 2 heterocycles.